The molecule has 6 heteroatoms. The Balaban J connectivity index is 1.68. The molecule has 1 aliphatic rings. The molecule has 106 valence electrons. The molecule has 1 N–H and O–H groups in total. The van der Waals surface area contributed by atoms with Gasteiger partial charge in [0.15, 0.2) is 0 Å². The van der Waals surface area contributed by atoms with E-state index in [1.165, 1.54) is 23.1 Å². The van der Waals surface area contributed by atoms with Gasteiger partial charge >= 0.3 is 6.18 Å². The van der Waals surface area contributed by atoms with E-state index in [4.69, 9.17) is 0 Å². The van der Waals surface area contributed by atoms with E-state index in [0.717, 1.165) is 29.9 Å². The highest BCUT2D eigenvalue weighted by molar-refractivity contribution is 7.12. The summed E-state index contributed by atoms with van der Waals surface area (Å²) in [6.45, 7) is 0.520. The van der Waals surface area contributed by atoms with E-state index < -0.39 is 11.7 Å². The van der Waals surface area contributed by atoms with Crippen molar-refractivity contribution in [3.8, 4) is 0 Å². The largest absolute Gasteiger partial charge is 0.416 e. The number of pyridine rings is 1. The lowest BCUT2D eigenvalue weighted by molar-refractivity contribution is -0.137. The van der Waals surface area contributed by atoms with Crippen LogP contribution in [0.15, 0.2) is 24.4 Å². The molecule has 2 nitrogen and oxygen atoms in total. The van der Waals surface area contributed by atoms with E-state index in [1.807, 2.05) is 0 Å². The highest BCUT2D eigenvalue weighted by atomic mass is 32.1. The standard InChI is InChI=1S/C14H13F3N2S/c15-14(16,17)10-4-5-18-13(7-10)19-8-11-6-9-2-1-3-12(9)20-11/h4-7H,1-3,8H2,(H,18,19). The van der Waals surface area contributed by atoms with Gasteiger partial charge in [-0.25, -0.2) is 4.98 Å². The molecular formula is C14H13F3N2S. The van der Waals surface area contributed by atoms with Gasteiger partial charge in [0.1, 0.15) is 5.82 Å². The van der Waals surface area contributed by atoms with Crippen LogP contribution in [-0.2, 0) is 25.6 Å². The number of nitrogens with zero attached hydrogens (tertiary/aromatic N) is 1. The molecule has 2 heterocycles. The predicted octanol–water partition coefficient (Wildman–Crippen LogP) is 4.26. The molecule has 0 fully saturated rings. The average molecular weight is 298 g/mol. The number of halogens is 3. The number of nitrogens with one attached hydrogen (secondary N) is 1. The monoisotopic (exact) mass is 298 g/mol. The Morgan fingerprint density at radius 3 is 2.85 bits per heavy atom. The number of alkyl halides is 3. The lowest BCUT2D eigenvalue weighted by Crippen LogP contribution is -2.07. The van der Waals surface area contributed by atoms with Crippen LogP contribution in [0, 0.1) is 0 Å². The summed E-state index contributed by atoms with van der Waals surface area (Å²) in [7, 11) is 0. The first-order valence-corrected chi connectivity index (χ1v) is 7.21. The number of hydrogen-bond donors (Lipinski definition) is 1. The summed E-state index contributed by atoms with van der Waals surface area (Å²) in [5, 5.41) is 2.96. The molecule has 20 heavy (non-hydrogen) atoms. The molecule has 0 bridgehead atoms. The third-order valence-corrected chi connectivity index (χ3v) is 4.57. The Morgan fingerprint density at radius 2 is 2.10 bits per heavy atom. The zero-order valence-electron chi connectivity index (χ0n) is 10.6. The maximum absolute atomic E-state index is 12.6. The maximum Gasteiger partial charge on any atom is 0.416 e. The zero-order chi connectivity index (χ0) is 14.2. The number of anilines is 1. The van der Waals surface area contributed by atoms with Crippen molar-refractivity contribution in [3.05, 3.63) is 45.3 Å². The first-order chi connectivity index (χ1) is 9.52. The number of rotatable bonds is 3. The van der Waals surface area contributed by atoms with E-state index in [1.54, 1.807) is 11.3 Å². The fraction of sp³-hybridized carbons (Fsp3) is 0.357. The van der Waals surface area contributed by atoms with Crippen LogP contribution >= 0.6 is 11.3 Å². The van der Waals surface area contributed by atoms with Crippen LogP contribution in [0.2, 0.25) is 0 Å². The van der Waals surface area contributed by atoms with E-state index in [2.05, 4.69) is 16.4 Å². The Bertz CT molecular complexity index is 598. The lowest BCUT2D eigenvalue weighted by Gasteiger charge is -2.09. The minimum atomic E-state index is -4.33. The first kappa shape index (κ1) is 13.4. The Morgan fingerprint density at radius 1 is 1.25 bits per heavy atom. The van der Waals surface area contributed by atoms with Crippen molar-refractivity contribution < 1.29 is 13.2 Å². The molecule has 0 radical (unpaired) electrons. The quantitative estimate of drug-likeness (QED) is 0.915. The van der Waals surface area contributed by atoms with E-state index in [0.29, 0.717) is 6.54 Å². The lowest BCUT2D eigenvalue weighted by atomic mass is 10.2. The Kier molecular flexibility index (Phi) is 3.41. The molecule has 1 aliphatic carbocycles. The van der Waals surface area contributed by atoms with E-state index >= 15 is 0 Å². The van der Waals surface area contributed by atoms with Gasteiger partial charge in [0.2, 0.25) is 0 Å². The second kappa shape index (κ2) is 5.09. The minimum Gasteiger partial charge on any atom is -0.365 e. The summed E-state index contributed by atoms with van der Waals surface area (Å²) < 4.78 is 37.8. The van der Waals surface area contributed by atoms with Gasteiger partial charge in [-0.2, -0.15) is 13.2 Å². The van der Waals surface area contributed by atoms with Crippen molar-refractivity contribution in [2.45, 2.75) is 32.0 Å². The van der Waals surface area contributed by atoms with Crippen molar-refractivity contribution in [1.29, 1.82) is 0 Å². The molecule has 3 rings (SSSR count). The van der Waals surface area contributed by atoms with Gasteiger partial charge in [0.05, 0.1) is 12.1 Å². The van der Waals surface area contributed by atoms with Crippen LogP contribution in [0.5, 0.6) is 0 Å². The number of aromatic nitrogens is 1. The molecule has 2 aromatic heterocycles. The number of fused-ring (bicyclic) bond motifs is 1. The van der Waals surface area contributed by atoms with Crippen molar-refractivity contribution in [1.82, 2.24) is 4.98 Å². The summed E-state index contributed by atoms with van der Waals surface area (Å²) in [5.74, 6) is 0.258. The number of hydrogen-bond acceptors (Lipinski definition) is 3. The Labute approximate surface area is 118 Å². The highest BCUT2D eigenvalue weighted by Gasteiger charge is 2.30. The molecule has 0 saturated carbocycles. The van der Waals surface area contributed by atoms with Crippen molar-refractivity contribution in [3.63, 3.8) is 0 Å². The van der Waals surface area contributed by atoms with Gasteiger partial charge in [0, 0.05) is 16.0 Å². The molecule has 0 saturated heterocycles. The molecule has 0 unspecified atom stereocenters. The van der Waals surface area contributed by atoms with Gasteiger partial charge in [-0.3, -0.25) is 0 Å². The molecular weight excluding hydrogens is 285 g/mol. The third kappa shape index (κ3) is 2.80. The first-order valence-electron chi connectivity index (χ1n) is 6.40. The summed E-state index contributed by atoms with van der Waals surface area (Å²) >= 11 is 1.74. The summed E-state index contributed by atoms with van der Waals surface area (Å²) in [6, 6.07) is 4.17. The summed E-state index contributed by atoms with van der Waals surface area (Å²) in [6.07, 6.45) is 0.308. The number of aryl methyl sites for hydroxylation is 2. The Hall–Kier alpha value is -1.56. The predicted molar refractivity (Wildman–Crippen MR) is 72.9 cm³/mol. The van der Waals surface area contributed by atoms with Crippen LogP contribution in [-0.4, -0.2) is 4.98 Å². The normalized spacial score (nSPS) is 14.3. The fourth-order valence-corrected chi connectivity index (χ4v) is 3.56. The van der Waals surface area contributed by atoms with E-state index in [-0.39, 0.29) is 5.82 Å². The topological polar surface area (TPSA) is 24.9 Å². The van der Waals surface area contributed by atoms with Crippen LogP contribution in [0.3, 0.4) is 0 Å². The van der Waals surface area contributed by atoms with Crippen LogP contribution < -0.4 is 5.32 Å². The van der Waals surface area contributed by atoms with Crippen molar-refractivity contribution in [2.75, 3.05) is 5.32 Å². The average Bonchev–Trinajstić information content (AvgIpc) is 2.96. The van der Waals surface area contributed by atoms with Gasteiger partial charge in [-0.1, -0.05) is 0 Å². The minimum absolute atomic E-state index is 0.258. The zero-order valence-corrected chi connectivity index (χ0v) is 11.4. The molecule has 0 atom stereocenters. The highest BCUT2D eigenvalue weighted by Crippen LogP contribution is 2.32. The second-order valence-electron chi connectivity index (χ2n) is 4.80. The van der Waals surface area contributed by atoms with Crippen LogP contribution in [0.25, 0.3) is 0 Å². The van der Waals surface area contributed by atoms with Gasteiger partial charge in [-0.15, -0.1) is 11.3 Å². The second-order valence-corrected chi connectivity index (χ2v) is 6.02. The smallest absolute Gasteiger partial charge is 0.365 e. The van der Waals surface area contributed by atoms with Gasteiger partial charge in [0.25, 0.3) is 0 Å². The van der Waals surface area contributed by atoms with Gasteiger partial charge < -0.3 is 5.32 Å². The van der Waals surface area contributed by atoms with E-state index in [9.17, 15) is 13.2 Å². The maximum atomic E-state index is 12.6. The third-order valence-electron chi connectivity index (χ3n) is 3.33. The van der Waals surface area contributed by atoms with Gasteiger partial charge in [-0.05, 0) is 43.0 Å². The van der Waals surface area contributed by atoms with Crippen LogP contribution in [0.1, 0.15) is 27.3 Å². The number of thiophene rings is 1. The molecule has 0 aliphatic heterocycles. The van der Waals surface area contributed by atoms with Crippen molar-refractivity contribution >= 4 is 17.2 Å². The van der Waals surface area contributed by atoms with Crippen LogP contribution in [0.4, 0.5) is 19.0 Å². The molecule has 0 amide bonds. The SMILES string of the molecule is FC(F)(F)c1ccnc(NCc2cc3c(s2)CCC3)c1. The molecule has 0 spiro atoms. The molecule has 2 aromatic rings. The fourth-order valence-electron chi connectivity index (χ4n) is 2.36. The molecule has 0 aromatic carbocycles. The summed E-state index contributed by atoms with van der Waals surface area (Å²) in [5.41, 5.74) is 0.715. The van der Waals surface area contributed by atoms with Crippen molar-refractivity contribution in [2.24, 2.45) is 0 Å². The summed E-state index contributed by atoms with van der Waals surface area (Å²) in [4.78, 5) is 6.49.